The first-order valence-electron chi connectivity index (χ1n) is 7.56. The highest BCUT2D eigenvalue weighted by Crippen LogP contribution is 2.17. The van der Waals surface area contributed by atoms with E-state index in [1.807, 2.05) is 37.4 Å². The van der Waals surface area contributed by atoms with Gasteiger partial charge in [-0.3, -0.25) is 4.90 Å². The lowest BCUT2D eigenvalue weighted by Crippen LogP contribution is -2.24. The molecule has 1 N–H and O–H groups in total. The van der Waals surface area contributed by atoms with Crippen molar-refractivity contribution in [3.8, 4) is 0 Å². The number of aliphatic hydroxyl groups excluding tert-OH is 1. The summed E-state index contributed by atoms with van der Waals surface area (Å²) >= 11 is 0. The fourth-order valence-electron chi connectivity index (χ4n) is 2.46. The van der Waals surface area contributed by atoms with Gasteiger partial charge in [0.2, 0.25) is 0 Å². The number of likely N-dealkylation sites (N-methyl/N-ethyl adjacent to an activating group) is 1. The van der Waals surface area contributed by atoms with Crippen LogP contribution in [0.2, 0.25) is 0 Å². The second kappa shape index (κ2) is 7.39. The predicted octanol–water partition coefficient (Wildman–Crippen LogP) is 3.98. The van der Waals surface area contributed by atoms with Gasteiger partial charge in [0.25, 0.3) is 0 Å². The second-order valence-electron chi connectivity index (χ2n) is 6.02. The summed E-state index contributed by atoms with van der Waals surface area (Å²) in [5.74, 6) is 0.566. The standard InChI is InChI=1S/C19H25NO/c1-15(2)17-11-9-16(10-12-17)13-20(3)14-19(21)18-7-5-4-6-8-18/h4-12,15,19,21H,13-14H2,1-3H3. The van der Waals surface area contributed by atoms with Crippen LogP contribution in [0.3, 0.4) is 0 Å². The highest BCUT2D eigenvalue weighted by molar-refractivity contribution is 5.24. The molecule has 1 unspecified atom stereocenters. The van der Waals surface area contributed by atoms with E-state index in [1.165, 1.54) is 11.1 Å². The SMILES string of the molecule is CC(C)c1ccc(CN(C)CC(O)c2ccccc2)cc1. The lowest BCUT2D eigenvalue weighted by molar-refractivity contribution is 0.124. The molecule has 0 radical (unpaired) electrons. The van der Waals surface area contributed by atoms with E-state index in [2.05, 4.69) is 43.0 Å². The summed E-state index contributed by atoms with van der Waals surface area (Å²) in [5.41, 5.74) is 3.62. The van der Waals surface area contributed by atoms with Gasteiger partial charge in [0, 0.05) is 13.1 Å². The molecule has 2 heteroatoms. The summed E-state index contributed by atoms with van der Waals surface area (Å²) < 4.78 is 0. The average molecular weight is 283 g/mol. The summed E-state index contributed by atoms with van der Waals surface area (Å²) in [6, 6.07) is 18.6. The minimum atomic E-state index is -0.439. The summed E-state index contributed by atoms with van der Waals surface area (Å²) in [5, 5.41) is 10.2. The molecule has 2 aromatic rings. The van der Waals surface area contributed by atoms with Crippen LogP contribution in [-0.4, -0.2) is 23.6 Å². The maximum absolute atomic E-state index is 10.2. The first-order valence-corrected chi connectivity index (χ1v) is 7.56. The van der Waals surface area contributed by atoms with E-state index in [9.17, 15) is 5.11 Å². The molecule has 1 atom stereocenters. The number of benzene rings is 2. The van der Waals surface area contributed by atoms with Crippen molar-refractivity contribution >= 4 is 0 Å². The Hall–Kier alpha value is -1.64. The highest BCUT2D eigenvalue weighted by Gasteiger charge is 2.10. The Morgan fingerprint density at radius 2 is 1.52 bits per heavy atom. The van der Waals surface area contributed by atoms with Crippen molar-refractivity contribution < 1.29 is 5.11 Å². The molecule has 0 bridgehead atoms. The molecule has 0 aromatic heterocycles. The number of hydrogen-bond acceptors (Lipinski definition) is 2. The van der Waals surface area contributed by atoms with Gasteiger partial charge in [0.05, 0.1) is 6.10 Å². The van der Waals surface area contributed by atoms with Gasteiger partial charge in [0.1, 0.15) is 0 Å². The van der Waals surface area contributed by atoms with Crippen LogP contribution < -0.4 is 0 Å². The topological polar surface area (TPSA) is 23.5 Å². The third-order valence-corrected chi connectivity index (χ3v) is 3.77. The quantitative estimate of drug-likeness (QED) is 0.867. The van der Waals surface area contributed by atoms with E-state index >= 15 is 0 Å². The zero-order chi connectivity index (χ0) is 15.2. The second-order valence-corrected chi connectivity index (χ2v) is 6.02. The third kappa shape index (κ3) is 4.69. The van der Waals surface area contributed by atoms with Crippen LogP contribution in [-0.2, 0) is 6.54 Å². The van der Waals surface area contributed by atoms with Gasteiger partial charge in [-0.1, -0.05) is 68.4 Å². The highest BCUT2D eigenvalue weighted by atomic mass is 16.3. The van der Waals surface area contributed by atoms with Crippen molar-refractivity contribution in [3.05, 3.63) is 71.3 Å². The molecular weight excluding hydrogens is 258 g/mol. The maximum atomic E-state index is 10.2. The van der Waals surface area contributed by atoms with E-state index in [0.717, 1.165) is 12.1 Å². The van der Waals surface area contributed by atoms with Gasteiger partial charge < -0.3 is 5.11 Å². The molecule has 0 aliphatic rings. The molecule has 2 nitrogen and oxygen atoms in total. The van der Waals surface area contributed by atoms with Crippen LogP contribution in [0.15, 0.2) is 54.6 Å². The Morgan fingerprint density at radius 1 is 0.905 bits per heavy atom. The normalized spacial score (nSPS) is 12.9. The summed E-state index contributed by atoms with van der Waals surface area (Å²) in [6.45, 7) is 5.90. The number of rotatable bonds is 6. The van der Waals surface area contributed by atoms with Crippen LogP contribution in [0.4, 0.5) is 0 Å². The third-order valence-electron chi connectivity index (χ3n) is 3.77. The largest absolute Gasteiger partial charge is 0.387 e. The Bertz CT molecular complexity index is 533. The van der Waals surface area contributed by atoms with Crippen molar-refractivity contribution in [2.24, 2.45) is 0 Å². The first kappa shape index (κ1) is 15.7. The predicted molar refractivity (Wildman–Crippen MR) is 88.3 cm³/mol. The molecule has 0 fully saturated rings. The smallest absolute Gasteiger partial charge is 0.0916 e. The minimum absolute atomic E-state index is 0.439. The molecule has 21 heavy (non-hydrogen) atoms. The van der Waals surface area contributed by atoms with Gasteiger partial charge >= 0.3 is 0 Å². The van der Waals surface area contributed by atoms with Crippen molar-refractivity contribution in [2.45, 2.75) is 32.4 Å². The Labute approximate surface area is 128 Å². The van der Waals surface area contributed by atoms with Crippen molar-refractivity contribution in [3.63, 3.8) is 0 Å². The van der Waals surface area contributed by atoms with Gasteiger partial charge in [-0.25, -0.2) is 0 Å². The molecule has 0 saturated carbocycles. The van der Waals surface area contributed by atoms with Crippen LogP contribution in [0.25, 0.3) is 0 Å². The molecule has 2 rings (SSSR count). The zero-order valence-corrected chi connectivity index (χ0v) is 13.2. The molecular formula is C19H25NO. The van der Waals surface area contributed by atoms with Crippen LogP contribution in [0, 0.1) is 0 Å². The Balaban J connectivity index is 1.91. The molecule has 0 aliphatic heterocycles. The molecule has 0 saturated heterocycles. The molecule has 112 valence electrons. The van der Waals surface area contributed by atoms with E-state index in [1.54, 1.807) is 0 Å². The van der Waals surface area contributed by atoms with Gasteiger partial charge in [-0.15, -0.1) is 0 Å². The van der Waals surface area contributed by atoms with Crippen molar-refractivity contribution in [1.82, 2.24) is 4.90 Å². The first-order chi connectivity index (χ1) is 10.1. The monoisotopic (exact) mass is 283 g/mol. The lowest BCUT2D eigenvalue weighted by atomic mass is 10.0. The summed E-state index contributed by atoms with van der Waals surface area (Å²) in [6.07, 6.45) is -0.439. The molecule has 0 amide bonds. The molecule has 0 heterocycles. The summed E-state index contributed by atoms with van der Waals surface area (Å²) in [4.78, 5) is 2.15. The van der Waals surface area contributed by atoms with Crippen molar-refractivity contribution in [2.75, 3.05) is 13.6 Å². The molecule has 0 aliphatic carbocycles. The van der Waals surface area contributed by atoms with Crippen molar-refractivity contribution in [1.29, 1.82) is 0 Å². The van der Waals surface area contributed by atoms with E-state index in [4.69, 9.17) is 0 Å². The number of nitrogens with zero attached hydrogens (tertiary/aromatic N) is 1. The van der Waals surface area contributed by atoms with Gasteiger partial charge in [0.15, 0.2) is 0 Å². The Kier molecular flexibility index (Phi) is 5.54. The average Bonchev–Trinajstić information content (AvgIpc) is 2.48. The van der Waals surface area contributed by atoms with Crippen LogP contribution in [0.5, 0.6) is 0 Å². The molecule has 2 aromatic carbocycles. The zero-order valence-electron chi connectivity index (χ0n) is 13.2. The van der Waals surface area contributed by atoms with Crippen LogP contribution in [0.1, 0.15) is 42.6 Å². The Morgan fingerprint density at radius 3 is 2.10 bits per heavy atom. The van der Waals surface area contributed by atoms with E-state index < -0.39 is 6.10 Å². The number of aliphatic hydroxyl groups is 1. The molecule has 0 spiro atoms. The fourth-order valence-corrected chi connectivity index (χ4v) is 2.46. The maximum Gasteiger partial charge on any atom is 0.0916 e. The number of hydrogen-bond donors (Lipinski definition) is 1. The minimum Gasteiger partial charge on any atom is -0.387 e. The van der Waals surface area contributed by atoms with E-state index in [0.29, 0.717) is 12.5 Å². The summed E-state index contributed by atoms with van der Waals surface area (Å²) in [7, 11) is 2.04. The lowest BCUT2D eigenvalue weighted by Gasteiger charge is -2.21. The van der Waals surface area contributed by atoms with Gasteiger partial charge in [-0.2, -0.15) is 0 Å². The van der Waals surface area contributed by atoms with Crippen LogP contribution >= 0.6 is 0 Å². The fraction of sp³-hybridized carbons (Fsp3) is 0.368. The van der Waals surface area contributed by atoms with Gasteiger partial charge in [-0.05, 0) is 29.7 Å². The van der Waals surface area contributed by atoms with E-state index in [-0.39, 0.29) is 0 Å².